The van der Waals surface area contributed by atoms with E-state index in [2.05, 4.69) is 4.98 Å². The van der Waals surface area contributed by atoms with Crippen LogP contribution in [0.3, 0.4) is 0 Å². The molecule has 2 rings (SSSR count). The van der Waals surface area contributed by atoms with Gasteiger partial charge in [0.25, 0.3) is 0 Å². The third-order valence-electron chi connectivity index (χ3n) is 2.50. The molecule has 0 fully saturated rings. The van der Waals surface area contributed by atoms with E-state index in [1.54, 1.807) is 14.2 Å². The lowest BCUT2D eigenvalue weighted by atomic mass is 10.1. The molecular formula is C11H14N2O2. The number of benzene rings is 1. The zero-order chi connectivity index (χ0) is 10.8. The van der Waals surface area contributed by atoms with E-state index in [0.29, 0.717) is 6.54 Å². The van der Waals surface area contributed by atoms with Gasteiger partial charge in [-0.25, -0.2) is 0 Å². The first-order valence-electron chi connectivity index (χ1n) is 4.72. The van der Waals surface area contributed by atoms with E-state index >= 15 is 0 Å². The smallest absolute Gasteiger partial charge is 0.143 e. The number of aromatic amines is 1. The molecule has 4 nitrogen and oxygen atoms in total. The molecule has 0 amide bonds. The number of H-pyrrole nitrogens is 1. The summed E-state index contributed by atoms with van der Waals surface area (Å²) in [7, 11) is 3.29. The van der Waals surface area contributed by atoms with Crippen molar-refractivity contribution < 1.29 is 9.47 Å². The van der Waals surface area contributed by atoms with Gasteiger partial charge in [0.05, 0.1) is 19.7 Å². The Balaban J connectivity index is 2.77. The van der Waals surface area contributed by atoms with Crippen LogP contribution < -0.4 is 15.2 Å². The third-order valence-corrected chi connectivity index (χ3v) is 2.50. The Morgan fingerprint density at radius 2 is 1.87 bits per heavy atom. The minimum absolute atomic E-state index is 0.476. The summed E-state index contributed by atoms with van der Waals surface area (Å²) in [5.41, 5.74) is 7.62. The summed E-state index contributed by atoms with van der Waals surface area (Å²) in [4.78, 5) is 3.15. The highest BCUT2D eigenvalue weighted by Gasteiger charge is 2.12. The Kier molecular flexibility index (Phi) is 2.51. The van der Waals surface area contributed by atoms with Gasteiger partial charge in [0.15, 0.2) is 0 Å². The van der Waals surface area contributed by atoms with Gasteiger partial charge in [-0.1, -0.05) is 0 Å². The highest BCUT2D eigenvalue weighted by Crippen LogP contribution is 2.34. The molecule has 0 aliphatic rings. The fourth-order valence-electron chi connectivity index (χ4n) is 1.76. The minimum Gasteiger partial charge on any atom is -0.496 e. The quantitative estimate of drug-likeness (QED) is 0.802. The van der Waals surface area contributed by atoms with Gasteiger partial charge in [0, 0.05) is 18.1 Å². The van der Waals surface area contributed by atoms with Gasteiger partial charge in [-0.3, -0.25) is 0 Å². The standard InChI is InChI=1S/C11H14N2O2/c1-14-8-3-4-9(15-2)11-10(8)7(5-12)6-13-11/h3-4,6,13H,5,12H2,1-2H3. The average Bonchev–Trinajstić information content (AvgIpc) is 2.71. The van der Waals surface area contributed by atoms with Gasteiger partial charge in [-0.05, 0) is 17.7 Å². The molecule has 0 saturated heterocycles. The number of rotatable bonds is 3. The molecule has 0 unspecified atom stereocenters. The Hall–Kier alpha value is -1.68. The second kappa shape index (κ2) is 3.82. The van der Waals surface area contributed by atoms with Crippen LogP contribution in [0, 0.1) is 0 Å². The number of hydrogen-bond donors (Lipinski definition) is 2. The normalized spacial score (nSPS) is 10.6. The third kappa shape index (κ3) is 1.43. The van der Waals surface area contributed by atoms with Crippen LogP contribution in [0.4, 0.5) is 0 Å². The molecule has 4 heteroatoms. The van der Waals surface area contributed by atoms with Gasteiger partial charge in [0.2, 0.25) is 0 Å². The van der Waals surface area contributed by atoms with Crippen molar-refractivity contribution in [2.45, 2.75) is 6.54 Å². The number of aromatic nitrogens is 1. The van der Waals surface area contributed by atoms with Gasteiger partial charge in [-0.2, -0.15) is 0 Å². The number of nitrogens with one attached hydrogen (secondary N) is 1. The van der Waals surface area contributed by atoms with Crippen LogP contribution in [0.2, 0.25) is 0 Å². The molecule has 1 aromatic carbocycles. The molecule has 0 saturated carbocycles. The predicted molar refractivity (Wildman–Crippen MR) is 59.3 cm³/mol. The Labute approximate surface area is 88.0 Å². The van der Waals surface area contributed by atoms with Gasteiger partial charge in [0.1, 0.15) is 11.5 Å². The van der Waals surface area contributed by atoms with Crippen LogP contribution in [0.1, 0.15) is 5.56 Å². The van der Waals surface area contributed by atoms with Crippen molar-refractivity contribution >= 4 is 10.9 Å². The molecule has 0 aliphatic heterocycles. The molecule has 80 valence electrons. The van der Waals surface area contributed by atoms with Crippen molar-refractivity contribution in [1.82, 2.24) is 4.98 Å². The van der Waals surface area contributed by atoms with Crippen LogP contribution >= 0.6 is 0 Å². The van der Waals surface area contributed by atoms with Crippen molar-refractivity contribution in [3.05, 3.63) is 23.9 Å². The van der Waals surface area contributed by atoms with Crippen LogP contribution in [-0.2, 0) is 6.54 Å². The Bertz CT molecular complexity index is 477. The number of methoxy groups -OCH3 is 2. The first-order valence-corrected chi connectivity index (χ1v) is 4.72. The summed E-state index contributed by atoms with van der Waals surface area (Å²) in [5, 5.41) is 0.999. The summed E-state index contributed by atoms with van der Waals surface area (Å²) >= 11 is 0. The van der Waals surface area contributed by atoms with Gasteiger partial charge < -0.3 is 20.2 Å². The van der Waals surface area contributed by atoms with E-state index in [0.717, 1.165) is 28.0 Å². The second-order valence-electron chi connectivity index (χ2n) is 3.24. The van der Waals surface area contributed by atoms with Crippen molar-refractivity contribution in [2.75, 3.05) is 14.2 Å². The zero-order valence-electron chi connectivity index (χ0n) is 8.83. The highest BCUT2D eigenvalue weighted by molar-refractivity contribution is 5.93. The van der Waals surface area contributed by atoms with Crippen molar-refractivity contribution in [2.24, 2.45) is 5.73 Å². The first kappa shape index (κ1) is 9.86. The maximum absolute atomic E-state index is 5.66. The Morgan fingerprint density at radius 1 is 1.20 bits per heavy atom. The average molecular weight is 206 g/mol. The van der Waals surface area contributed by atoms with Crippen LogP contribution in [-0.4, -0.2) is 19.2 Å². The molecule has 15 heavy (non-hydrogen) atoms. The summed E-state index contributed by atoms with van der Waals surface area (Å²) in [5.74, 6) is 1.61. The number of ether oxygens (including phenoxy) is 2. The molecule has 0 atom stereocenters. The van der Waals surface area contributed by atoms with E-state index in [-0.39, 0.29) is 0 Å². The molecule has 0 bridgehead atoms. The molecule has 3 N–H and O–H groups in total. The summed E-state index contributed by atoms with van der Waals surface area (Å²) in [6, 6.07) is 3.76. The van der Waals surface area contributed by atoms with Crippen LogP contribution in [0.5, 0.6) is 11.5 Å². The second-order valence-corrected chi connectivity index (χ2v) is 3.24. The number of hydrogen-bond acceptors (Lipinski definition) is 3. The number of nitrogens with two attached hydrogens (primary N) is 1. The van der Waals surface area contributed by atoms with Crippen molar-refractivity contribution in [3.63, 3.8) is 0 Å². The minimum atomic E-state index is 0.476. The van der Waals surface area contributed by atoms with Crippen molar-refractivity contribution in [1.29, 1.82) is 0 Å². The largest absolute Gasteiger partial charge is 0.496 e. The molecule has 2 aromatic rings. The fraction of sp³-hybridized carbons (Fsp3) is 0.273. The topological polar surface area (TPSA) is 60.3 Å². The molecule has 0 aliphatic carbocycles. The van der Waals surface area contributed by atoms with E-state index in [9.17, 15) is 0 Å². The van der Waals surface area contributed by atoms with Gasteiger partial charge >= 0.3 is 0 Å². The first-order chi connectivity index (χ1) is 7.31. The fourth-order valence-corrected chi connectivity index (χ4v) is 1.76. The van der Waals surface area contributed by atoms with Crippen LogP contribution in [0.15, 0.2) is 18.3 Å². The summed E-state index contributed by atoms with van der Waals surface area (Å²) < 4.78 is 10.6. The zero-order valence-corrected chi connectivity index (χ0v) is 8.83. The van der Waals surface area contributed by atoms with Crippen molar-refractivity contribution in [3.8, 4) is 11.5 Å². The molecule has 0 radical (unpaired) electrons. The van der Waals surface area contributed by atoms with Gasteiger partial charge in [-0.15, -0.1) is 0 Å². The molecule has 1 heterocycles. The maximum atomic E-state index is 5.66. The summed E-state index contributed by atoms with van der Waals surface area (Å²) in [6.45, 7) is 0.476. The number of fused-ring (bicyclic) bond motifs is 1. The lowest BCUT2D eigenvalue weighted by Gasteiger charge is -2.07. The van der Waals surface area contributed by atoms with Crippen LogP contribution in [0.25, 0.3) is 10.9 Å². The van der Waals surface area contributed by atoms with E-state index in [1.165, 1.54) is 0 Å². The Morgan fingerprint density at radius 3 is 2.47 bits per heavy atom. The molecule has 0 spiro atoms. The molecular weight excluding hydrogens is 192 g/mol. The maximum Gasteiger partial charge on any atom is 0.143 e. The SMILES string of the molecule is COc1ccc(OC)c2c(CN)c[nH]c12. The molecule has 1 aromatic heterocycles. The lowest BCUT2D eigenvalue weighted by molar-refractivity contribution is 0.410. The summed E-state index contributed by atoms with van der Waals surface area (Å²) in [6.07, 6.45) is 1.88. The van der Waals surface area contributed by atoms with E-state index < -0.39 is 0 Å². The van der Waals surface area contributed by atoms with E-state index in [4.69, 9.17) is 15.2 Å². The van der Waals surface area contributed by atoms with E-state index in [1.807, 2.05) is 18.3 Å². The lowest BCUT2D eigenvalue weighted by Crippen LogP contribution is -1.96. The monoisotopic (exact) mass is 206 g/mol. The highest BCUT2D eigenvalue weighted by atomic mass is 16.5. The predicted octanol–water partition coefficient (Wildman–Crippen LogP) is 1.64.